The van der Waals surface area contributed by atoms with Crippen LogP contribution in [0.1, 0.15) is 5.56 Å². The zero-order valence-electron chi connectivity index (χ0n) is 12.4. The van der Waals surface area contributed by atoms with Crippen LogP contribution in [0.25, 0.3) is 0 Å². The van der Waals surface area contributed by atoms with Gasteiger partial charge in [0.25, 0.3) is 15.9 Å². The zero-order valence-corrected chi connectivity index (χ0v) is 14.8. The number of hydrogen-bond donors (Lipinski definition) is 2. The third-order valence-electron chi connectivity index (χ3n) is 3.32. The van der Waals surface area contributed by atoms with Crippen LogP contribution in [-0.2, 0) is 21.2 Å². The predicted molar refractivity (Wildman–Crippen MR) is 93.3 cm³/mol. The Morgan fingerprint density at radius 2 is 2.12 bits per heavy atom. The van der Waals surface area contributed by atoms with Crippen LogP contribution in [0, 0.1) is 0 Å². The molecule has 0 unspecified atom stereocenters. The highest BCUT2D eigenvalue weighted by molar-refractivity contribution is 9.10. The van der Waals surface area contributed by atoms with Crippen molar-refractivity contribution in [2.75, 3.05) is 11.9 Å². The van der Waals surface area contributed by atoms with Crippen LogP contribution in [-0.4, -0.2) is 31.7 Å². The summed E-state index contributed by atoms with van der Waals surface area (Å²) in [6.45, 7) is 0.346. The molecule has 1 aliphatic heterocycles. The summed E-state index contributed by atoms with van der Waals surface area (Å²) in [6.07, 6.45) is 3.97. The minimum absolute atomic E-state index is 0.0313. The molecule has 0 bridgehead atoms. The first kappa shape index (κ1) is 16.6. The SMILES string of the molecule is O=C(NCCc1cccnc1)C1=NS(=O)(=O)c2cc(Br)ccc2N1. The van der Waals surface area contributed by atoms with Crippen LogP contribution in [0.3, 0.4) is 0 Å². The molecule has 2 heterocycles. The first-order valence-corrected chi connectivity index (χ1v) is 9.28. The van der Waals surface area contributed by atoms with Crippen LogP contribution < -0.4 is 10.6 Å². The second-order valence-electron chi connectivity index (χ2n) is 5.05. The van der Waals surface area contributed by atoms with Crippen LogP contribution in [0.4, 0.5) is 5.69 Å². The van der Waals surface area contributed by atoms with Gasteiger partial charge in [0.05, 0.1) is 5.69 Å². The molecule has 3 rings (SSSR count). The number of carbonyl (C=O) groups is 1. The average Bonchev–Trinajstić information content (AvgIpc) is 2.56. The van der Waals surface area contributed by atoms with Gasteiger partial charge in [0.2, 0.25) is 5.84 Å². The van der Waals surface area contributed by atoms with Crippen LogP contribution in [0.5, 0.6) is 0 Å². The Morgan fingerprint density at radius 3 is 2.88 bits per heavy atom. The minimum atomic E-state index is -3.91. The van der Waals surface area contributed by atoms with E-state index in [9.17, 15) is 13.2 Å². The largest absolute Gasteiger partial charge is 0.349 e. The lowest BCUT2D eigenvalue weighted by atomic mass is 10.2. The van der Waals surface area contributed by atoms with Crippen molar-refractivity contribution in [2.24, 2.45) is 4.40 Å². The molecule has 0 radical (unpaired) electrons. The van der Waals surface area contributed by atoms with Gasteiger partial charge < -0.3 is 10.6 Å². The number of sulfonamides is 1. The van der Waals surface area contributed by atoms with E-state index in [1.54, 1.807) is 24.5 Å². The number of fused-ring (bicyclic) bond motifs is 1. The summed E-state index contributed by atoms with van der Waals surface area (Å²) in [4.78, 5) is 16.2. The maximum Gasteiger partial charge on any atom is 0.287 e. The number of nitrogens with zero attached hydrogens (tertiary/aromatic N) is 2. The second-order valence-corrected chi connectivity index (χ2v) is 7.54. The van der Waals surface area contributed by atoms with Gasteiger partial charge in [-0.15, -0.1) is 4.40 Å². The maximum absolute atomic E-state index is 12.2. The number of benzene rings is 1. The van der Waals surface area contributed by atoms with Gasteiger partial charge in [-0.1, -0.05) is 22.0 Å². The monoisotopic (exact) mass is 408 g/mol. The molecule has 1 aromatic carbocycles. The average molecular weight is 409 g/mol. The molecular formula is C15H13BrN4O3S. The van der Waals surface area contributed by atoms with E-state index in [0.29, 0.717) is 23.1 Å². The van der Waals surface area contributed by atoms with E-state index >= 15 is 0 Å². The van der Waals surface area contributed by atoms with Crippen molar-refractivity contribution in [3.8, 4) is 0 Å². The fourth-order valence-electron chi connectivity index (χ4n) is 2.18. The van der Waals surface area contributed by atoms with Crippen molar-refractivity contribution in [2.45, 2.75) is 11.3 Å². The van der Waals surface area contributed by atoms with Gasteiger partial charge >= 0.3 is 0 Å². The molecule has 1 aromatic heterocycles. The summed E-state index contributed by atoms with van der Waals surface area (Å²) in [6, 6.07) is 8.41. The molecule has 1 amide bonds. The Balaban J connectivity index is 1.70. The molecule has 1 aliphatic rings. The second kappa shape index (κ2) is 6.70. The molecule has 2 aromatic rings. The van der Waals surface area contributed by atoms with Crippen LogP contribution in [0.15, 0.2) is 56.5 Å². The Labute approximate surface area is 147 Å². The fraction of sp³-hybridized carbons (Fsp3) is 0.133. The van der Waals surface area contributed by atoms with Crippen molar-refractivity contribution in [1.29, 1.82) is 0 Å². The molecule has 0 saturated heterocycles. The molecule has 2 N–H and O–H groups in total. The van der Waals surface area contributed by atoms with Crippen molar-refractivity contribution >= 4 is 43.4 Å². The van der Waals surface area contributed by atoms with Gasteiger partial charge in [-0.25, -0.2) is 0 Å². The Morgan fingerprint density at radius 1 is 1.29 bits per heavy atom. The van der Waals surface area contributed by atoms with E-state index in [1.807, 2.05) is 12.1 Å². The predicted octanol–water partition coefficient (Wildman–Crippen LogP) is 1.72. The van der Waals surface area contributed by atoms with Crippen molar-refractivity contribution < 1.29 is 13.2 Å². The number of pyridine rings is 1. The van der Waals surface area contributed by atoms with E-state index in [0.717, 1.165) is 5.56 Å². The van der Waals surface area contributed by atoms with E-state index in [4.69, 9.17) is 0 Å². The van der Waals surface area contributed by atoms with Crippen LogP contribution >= 0.6 is 15.9 Å². The number of carbonyl (C=O) groups excluding carboxylic acids is 1. The normalized spacial score (nSPS) is 15.0. The number of rotatable bonds is 4. The Kier molecular flexibility index (Phi) is 4.63. The smallest absolute Gasteiger partial charge is 0.287 e. The van der Waals surface area contributed by atoms with Gasteiger partial charge in [0.15, 0.2) is 0 Å². The summed E-state index contributed by atoms with van der Waals surface area (Å²) in [5, 5.41) is 5.40. The number of amidine groups is 1. The minimum Gasteiger partial charge on any atom is -0.349 e. The lowest BCUT2D eigenvalue weighted by Crippen LogP contribution is -2.39. The molecule has 0 aliphatic carbocycles. The fourth-order valence-corrected chi connectivity index (χ4v) is 3.83. The highest BCUT2D eigenvalue weighted by atomic mass is 79.9. The standard InChI is InChI=1S/C15H13BrN4O3S/c16-11-3-4-12-13(8-11)24(22,23)20-14(19-12)15(21)18-7-5-10-2-1-6-17-9-10/h1-4,6,8-9H,5,7H2,(H,18,21)(H,19,20). The maximum atomic E-state index is 12.2. The van der Waals surface area contributed by atoms with E-state index in [2.05, 4.69) is 35.9 Å². The molecule has 0 spiro atoms. The lowest BCUT2D eigenvalue weighted by molar-refractivity contribution is -0.114. The quantitative estimate of drug-likeness (QED) is 0.801. The molecule has 24 heavy (non-hydrogen) atoms. The molecule has 0 saturated carbocycles. The van der Waals surface area contributed by atoms with Crippen molar-refractivity contribution in [1.82, 2.24) is 10.3 Å². The third kappa shape index (κ3) is 3.62. The van der Waals surface area contributed by atoms with Crippen molar-refractivity contribution in [3.63, 3.8) is 0 Å². The molecule has 0 atom stereocenters. The van der Waals surface area contributed by atoms with Gasteiger partial charge in [-0.3, -0.25) is 9.78 Å². The summed E-state index contributed by atoms with van der Waals surface area (Å²) < 4.78 is 28.6. The Hall–Kier alpha value is -2.26. The molecule has 9 heteroatoms. The topological polar surface area (TPSA) is 101 Å². The van der Waals surface area contributed by atoms with Gasteiger partial charge in [0, 0.05) is 23.4 Å². The summed E-state index contributed by atoms with van der Waals surface area (Å²) in [5.41, 5.74) is 1.30. The number of hydrogen-bond acceptors (Lipinski definition) is 5. The number of nitrogens with one attached hydrogen (secondary N) is 2. The van der Waals surface area contributed by atoms with E-state index in [-0.39, 0.29) is 10.7 Å². The first-order valence-electron chi connectivity index (χ1n) is 7.04. The molecule has 0 fully saturated rings. The van der Waals surface area contributed by atoms with Crippen LogP contribution in [0.2, 0.25) is 0 Å². The van der Waals surface area contributed by atoms with Gasteiger partial charge in [-0.05, 0) is 36.2 Å². The molecule has 7 nitrogen and oxygen atoms in total. The Bertz CT molecular complexity index is 914. The third-order valence-corrected chi connectivity index (χ3v) is 5.13. The summed E-state index contributed by atoms with van der Waals surface area (Å²) >= 11 is 3.22. The van der Waals surface area contributed by atoms with Crippen molar-refractivity contribution in [3.05, 3.63) is 52.8 Å². The number of amides is 1. The number of anilines is 1. The number of halogens is 1. The number of aromatic nitrogens is 1. The van der Waals surface area contributed by atoms with E-state index in [1.165, 1.54) is 6.07 Å². The summed E-state index contributed by atoms with van der Waals surface area (Å²) in [7, 11) is -3.91. The zero-order chi connectivity index (χ0) is 17.2. The van der Waals surface area contributed by atoms with Gasteiger partial charge in [-0.2, -0.15) is 8.42 Å². The van der Waals surface area contributed by atoms with E-state index < -0.39 is 15.9 Å². The highest BCUT2D eigenvalue weighted by Gasteiger charge is 2.28. The molecular weight excluding hydrogens is 396 g/mol. The van der Waals surface area contributed by atoms with Gasteiger partial charge in [0.1, 0.15) is 4.90 Å². The first-order chi connectivity index (χ1) is 11.5. The molecule has 124 valence electrons. The lowest BCUT2D eigenvalue weighted by Gasteiger charge is -2.17. The summed E-state index contributed by atoms with van der Waals surface area (Å²) in [5.74, 6) is -0.813. The highest BCUT2D eigenvalue weighted by Crippen LogP contribution is 2.29.